The summed E-state index contributed by atoms with van der Waals surface area (Å²) < 4.78 is 5.23. The van der Waals surface area contributed by atoms with Crippen molar-refractivity contribution in [2.24, 2.45) is 11.7 Å². The van der Waals surface area contributed by atoms with E-state index in [1.807, 2.05) is 35.6 Å². The van der Waals surface area contributed by atoms with E-state index in [0.29, 0.717) is 5.92 Å². The zero-order valence-corrected chi connectivity index (χ0v) is 21.7. The third-order valence-corrected chi connectivity index (χ3v) is 8.59. The molecule has 0 radical (unpaired) electrons. The van der Waals surface area contributed by atoms with Gasteiger partial charge in [0.15, 0.2) is 0 Å². The minimum absolute atomic E-state index is 0.149. The molecule has 0 bridgehead atoms. The van der Waals surface area contributed by atoms with E-state index >= 15 is 0 Å². The number of nitrogens with two attached hydrogens (primary N) is 1. The van der Waals surface area contributed by atoms with Crippen LogP contribution in [0.1, 0.15) is 45.2 Å². The molecule has 1 atom stereocenters. The SMILES string of the molecule is COc1ccc(C(=O)N2CCc3ccsc3C2C2CCN(C)CC2)cc1.NCCc1ccsc1. The highest BCUT2D eigenvalue weighted by atomic mass is 32.1. The van der Waals surface area contributed by atoms with Gasteiger partial charge in [-0.05, 0) is 122 Å². The molecule has 1 fully saturated rings. The highest BCUT2D eigenvalue weighted by Crippen LogP contribution is 2.43. The predicted molar refractivity (Wildman–Crippen MR) is 142 cm³/mol. The second-order valence-electron chi connectivity index (χ2n) is 9.04. The van der Waals surface area contributed by atoms with Crippen molar-refractivity contribution in [2.75, 3.05) is 40.3 Å². The highest BCUT2D eigenvalue weighted by Gasteiger charge is 2.38. The summed E-state index contributed by atoms with van der Waals surface area (Å²) in [6.45, 7) is 3.81. The number of benzene rings is 1. The van der Waals surface area contributed by atoms with E-state index in [9.17, 15) is 4.79 Å². The topological polar surface area (TPSA) is 58.8 Å². The third kappa shape index (κ3) is 5.89. The summed E-state index contributed by atoms with van der Waals surface area (Å²) >= 11 is 3.55. The van der Waals surface area contributed by atoms with E-state index in [2.05, 4.69) is 45.1 Å². The summed E-state index contributed by atoms with van der Waals surface area (Å²) in [7, 11) is 3.84. The Hall–Kier alpha value is -2.19. The molecule has 2 aliphatic heterocycles. The molecule has 1 saturated heterocycles. The fraction of sp³-hybridized carbons (Fsp3) is 0.444. The van der Waals surface area contributed by atoms with Crippen LogP contribution >= 0.6 is 22.7 Å². The molecule has 0 spiro atoms. The van der Waals surface area contributed by atoms with Crippen molar-refractivity contribution in [3.05, 3.63) is 74.1 Å². The third-order valence-electron chi connectivity index (χ3n) is 6.83. The number of carbonyl (C=O) groups is 1. The molecule has 2 aromatic heterocycles. The molecule has 34 heavy (non-hydrogen) atoms. The Bertz CT molecular complexity index is 1020. The summed E-state index contributed by atoms with van der Waals surface area (Å²) in [5.41, 5.74) is 8.88. The number of piperidine rings is 1. The van der Waals surface area contributed by atoms with E-state index in [1.54, 1.807) is 18.4 Å². The molecule has 0 saturated carbocycles. The maximum atomic E-state index is 13.3. The van der Waals surface area contributed by atoms with Gasteiger partial charge in [-0.15, -0.1) is 11.3 Å². The number of amides is 1. The first kappa shape index (κ1) is 24.9. The maximum Gasteiger partial charge on any atom is 0.254 e. The molecule has 1 unspecified atom stereocenters. The molecule has 3 aromatic rings. The Morgan fingerprint density at radius 1 is 1.09 bits per heavy atom. The molecule has 0 aliphatic carbocycles. The fourth-order valence-corrected chi connectivity index (χ4v) is 6.74. The summed E-state index contributed by atoms with van der Waals surface area (Å²) in [5.74, 6) is 1.48. The smallest absolute Gasteiger partial charge is 0.254 e. The molecule has 7 heteroatoms. The number of hydrogen-bond acceptors (Lipinski definition) is 6. The number of hydrogen-bond donors (Lipinski definition) is 1. The van der Waals surface area contributed by atoms with E-state index in [1.165, 1.54) is 16.0 Å². The van der Waals surface area contributed by atoms with Crippen molar-refractivity contribution in [3.8, 4) is 5.75 Å². The molecule has 5 rings (SSSR count). The number of methoxy groups -OCH3 is 1. The van der Waals surface area contributed by atoms with Gasteiger partial charge in [-0.3, -0.25) is 4.79 Å². The highest BCUT2D eigenvalue weighted by molar-refractivity contribution is 7.10. The van der Waals surface area contributed by atoms with Gasteiger partial charge >= 0.3 is 0 Å². The monoisotopic (exact) mass is 497 g/mol. The lowest BCUT2D eigenvalue weighted by atomic mass is 9.84. The van der Waals surface area contributed by atoms with Crippen molar-refractivity contribution in [2.45, 2.75) is 31.7 Å². The first-order valence-corrected chi connectivity index (χ1v) is 13.8. The summed E-state index contributed by atoms with van der Waals surface area (Å²) in [6.07, 6.45) is 4.29. The average molecular weight is 498 g/mol. The standard InChI is InChI=1S/C21H26N2O2S.C6H9NS/c1-22-11-7-15(8-12-22)19-20-16(10-14-26-20)9-13-23(19)21(24)17-3-5-18(25-2)6-4-17;7-3-1-6-2-4-8-5-6/h3-6,10,14-15,19H,7-9,11-13H2,1-2H3;2,4-5H,1,3,7H2. The number of rotatable bonds is 5. The van der Waals surface area contributed by atoms with E-state index < -0.39 is 0 Å². The van der Waals surface area contributed by atoms with Gasteiger partial charge in [0, 0.05) is 17.0 Å². The molecule has 2 N–H and O–H groups in total. The average Bonchev–Trinajstić information content (AvgIpc) is 3.56. The van der Waals surface area contributed by atoms with Gasteiger partial charge < -0.3 is 20.3 Å². The van der Waals surface area contributed by atoms with Crippen LogP contribution in [0.5, 0.6) is 5.75 Å². The van der Waals surface area contributed by atoms with Crippen LogP contribution in [0.15, 0.2) is 52.5 Å². The lowest BCUT2D eigenvalue weighted by Gasteiger charge is -2.43. The van der Waals surface area contributed by atoms with Gasteiger partial charge in [-0.25, -0.2) is 0 Å². The Kier molecular flexibility index (Phi) is 8.78. The van der Waals surface area contributed by atoms with E-state index in [-0.39, 0.29) is 11.9 Å². The first-order valence-electron chi connectivity index (χ1n) is 12.0. The molecule has 2 aliphatic rings. The molecular weight excluding hydrogens is 462 g/mol. The summed E-state index contributed by atoms with van der Waals surface area (Å²) in [5, 5.41) is 6.39. The Morgan fingerprint density at radius 2 is 1.85 bits per heavy atom. The van der Waals surface area contributed by atoms with Crippen molar-refractivity contribution >= 4 is 28.6 Å². The van der Waals surface area contributed by atoms with Crippen LogP contribution in [0.25, 0.3) is 0 Å². The molecule has 4 heterocycles. The Morgan fingerprint density at radius 3 is 2.50 bits per heavy atom. The minimum Gasteiger partial charge on any atom is -0.497 e. The van der Waals surface area contributed by atoms with Crippen LogP contribution in [0.2, 0.25) is 0 Å². The lowest BCUT2D eigenvalue weighted by Crippen LogP contribution is -2.45. The van der Waals surface area contributed by atoms with Crippen LogP contribution in [-0.4, -0.2) is 56.0 Å². The van der Waals surface area contributed by atoms with Gasteiger partial charge in [0.05, 0.1) is 13.2 Å². The number of fused-ring (bicyclic) bond motifs is 1. The second-order valence-corrected chi connectivity index (χ2v) is 10.8. The largest absolute Gasteiger partial charge is 0.497 e. The van der Waals surface area contributed by atoms with Crippen LogP contribution in [0, 0.1) is 5.92 Å². The minimum atomic E-state index is 0.149. The number of thiophene rings is 2. The van der Waals surface area contributed by atoms with Gasteiger partial charge in [-0.2, -0.15) is 11.3 Å². The Balaban J connectivity index is 0.000000291. The normalized spacial score (nSPS) is 18.7. The van der Waals surface area contributed by atoms with Crippen LogP contribution < -0.4 is 10.5 Å². The fourth-order valence-electron chi connectivity index (χ4n) is 4.88. The van der Waals surface area contributed by atoms with E-state index in [0.717, 1.165) is 63.2 Å². The van der Waals surface area contributed by atoms with Crippen LogP contribution in [0.3, 0.4) is 0 Å². The van der Waals surface area contributed by atoms with Gasteiger partial charge in [0.2, 0.25) is 0 Å². The van der Waals surface area contributed by atoms with Crippen LogP contribution in [0.4, 0.5) is 0 Å². The molecule has 1 aromatic carbocycles. The van der Waals surface area contributed by atoms with Gasteiger partial charge in [-0.1, -0.05) is 0 Å². The number of nitrogens with zero attached hydrogens (tertiary/aromatic N) is 2. The molecule has 5 nitrogen and oxygen atoms in total. The molecule has 182 valence electrons. The maximum absolute atomic E-state index is 13.3. The molecule has 1 amide bonds. The summed E-state index contributed by atoms with van der Waals surface area (Å²) in [6, 6.07) is 12.1. The van der Waals surface area contributed by atoms with Crippen molar-refractivity contribution in [1.82, 2.24) is 9.80 Å². The van der Waals surface area contributed by atoms with Gasteiger partial charge in [0.25, 0.3) is 5.91 Å². The van der Waals surface area contributed by atoms with Crippen molar-refractivity contribution < 1.29 is 9.53 Å². The number of carbonyl (C=O) groups excluding carboxylic acids is 1. The quantitative estimate of drug-likeness (QED) is 0.534. The van der Waals surface area contributed by atoms with Crippen molar-refractivity contribution in [1.29, 1.82) is 0 Å². The Labute approximate surface area is 211 Å². The number of ether oxygens (including phenoxy) is 1. The second kappa shape index (κ2) is 12.0. The lowest BCUT2D eigenvalue weighted by molar-refractivity contribution is 0.0510. The van der Waals surface area contributed by atoms with Crippen molar-refractivity contribution in [3.63, 3.8) is 0 Å². The molecular formula is C27H35N3O2S2. The summed E-state index contributed by atoms with van der Waals surface area (Å²) in [4.78, 5) is 19.3. The number of likely N-dealkylation sites (tertiary alicyclic amines) is 1. The first-order chi connectivity index (χ1) is 16.6. The predicted octanol–water partition coefficient (Wildman–Crippen LogP) is 5.09. The van der Waals surface area contributed by atoms with Crippen LogP contribution in [-0.2, 0) is 12.8 Å². The van der Waals surface area contributed by atoms with E-state index in [4.69, 9.17) is 10.5 Å². The van der Waals surface area contributed by atoms with Gasteiger partial charge in [0.1, 0.15) is 5.75 Å². The zero-order chi connectivity index (χ0) is 23.9. The zero-order valence-electron chi connectivity index (χ0n) is 20.1.